The third-order valence-corrected chi connectivity index (χ3v) is 1.43. The van der Waals surface area contributed by atoms with E-state index in [0.717, 1.165) is 5.92 Å². The van der Waals surface area contributed by atoms with Crippen LogP contribution in [0.25, 0.3) is 0 Å². The molecular weight excluding hydrogens is 128 g/mol. The van der Waals surface area contributed by atoms with E-state index in [0.29, 0.717) is 0 Å². The second kappa shape index (κ2) is 3.51. The normalized spacial score (nSPS) is 29.6. The summed E-state index contributed by atoms with van der Waals surface area (Å²) in [6, 6.07) is 0. The third-order valence-electron chi connectivity index (χ3n) is 1.43. The Labute approximate surface area is 56.2 Å². The first-order valence-corrected chi connectivity index (χ1v) is 2.71. The molecule has 1 unspecified atom stereocenters. The molecule has 0 heterocycles. The molecule has 0 nitrogen and oxygen atoms in total. The summed E-state index contributed by atoms with van der Waals surface area (Å²) in [5.74, 6) is 0.991. The summed E-state index contributed by atoms with van der Waals surface area (Å²) >= 11 is 0. The van der Waals surface area contributed by atoms with E-state index in [9.17, 15) is 0 Å². The molecule has 0 radical (unpaired) electrons. The molecule has 0 N–H and O–H groups in total. The van der Waals surface area contributed by atoms with Crippen molar-refractivity contribution in [3.8, 4) is 0 Å². The summed E-state index contributed by atoms with van der Waals surface area (Å²) in [5, 5.41) is 0. The van der Waals surface area contributed by atoms with E-state index < -0.39 is 0 Å². The first-order chi connectivity index (χ1) is 2.89. The Hall–Kier alpha value is 0.519. The fourth-order valence-electron chi connectivity index (χ4n) is 0.923. The van der Waals surface area contributed by atoms with Crippen molar-refractivity contribution in [2.45, 2.75) is 26.2 Å². The van der Waals surface area contributed by atoms with Crippen LogP contribution in [0.1, 0.15) is 26.2 Å². The monoisotopic (exact) mass is 139 g/mol. The largest absolute Gasteiger partial charge is 0.328 e. The third kappa shape index (κ3) is 2.36. The topological polar surface area (TPSA) is 0 Å². The van der Waals surface area contributed by atoms with Gasteiger partial charge >= 0.3 is 0 Å². The molecule has 0 bridgehead atoms. The second-order valence-electron chi connectivity index (χ2n) is 2.21. The van der Waals surface area contributed by atoms with Crippen LogP contribution < -0.4 is 0 Å². The second-order valence-corrected chi connectivity index (χ2v) is 2.21. The van der Waals surface area contributed by atoms with Gasteiger partial charge in [-0.3, -0.25) is 0 Å². The van der Waals surface area contributed by atoms with Gasteiger partial charge in [0, 0.05) is 17.1 Å². The average molecular weight is 139 g/mol. The summed E-state index contributed by atoms with van der Waals surface area (Å²) in [6.45, 7) is 2.31. The molecule has 1 saturated carbocycles. The van der Waals surface area contributed by atoms with Crippen LogP contribution in [0.4, 0.5) is 0 Å². The maximum atomic E-state index is 2.38. The summed E-state index contributed by atoms with van der Waals surface area (Å²) in [7, 11) is 0. The molecule has 1 fully saturated rings. The Balaban J connectivity index is 0.000000360. The molecule has 1 atom stereocenters. The number of rotatable bonds is 0. The van der Waals surface area contributed by atoms with E-state index in [-0.39, 0.29) is 17.1 Å². The molecule has 0 saturated heterocycles. The Morgan fingerprint density at radius 2 is 2.29 bits per heavy atom. The van der Waals surface area contributed by atoms with Crippen LogP contribution in [0, 0.1) is 12.3 Å². The molecule has 1 rings (SSSR count). The molecule has 0 amide bonds. The van der Waals surface area contributed by atoms with E-state index in [2.05, 4.69) is 13.3 Å². The van der Waals surface area contributed by atoms with Gasteiger partial charge in [-0.15, -0.1) is 0 Å². The van der Waals surface area contributed by atoms with Crippen molar-refractivity contribution < 1.29 is 17.1 Å². The predicted octanol–water partition coefficient (Wildman–Crippen LogP) is 2.01. The maximum Gasteiger partial charge on any atom is 0 e. The molecule has 0 aliphatic heterocycles. The zero-order valence-electron chi connectivity index (χ0n) is 4.63. The van der Waals surface area contributed by atoms with Gasteiger partial charge in [-0.1, -0.05) is 19.3 Å². The molecule has 44 valence electrons. The van der Waals surface area contributed by atoms with Crippen LogP contribution in [-0.2, 0) is 17.1 Å². The van der Waals surface area contributed by atoms with Gasteiger partial charge in [0.15, 0.2) is 0 Å². The molecule has 0 aromatic carbocycles. The zero-order valence-corrected chi connectivity index (χ0v) is 5.73. The molecule has 0 aromatic rings. The summed E-state index contributed by atoms with van der Waals surface area (Å²) in [6.07, 6.45) is 6.53. The molecule has 1 aliphatic rings. The summed E-state index contributed by atoms with van der Waals surface area (Å²) in [5.41, 5.74) is 0. The predicted molar refractivity (Wildman–Crippen MR) is 27.3 cm³/mol. The Morgan fingerprint density at radius 1 is 1.57 bits per heavy atom. The van der Waals surface area contributed by atoms with Crippen molar-refractivity contribution in [2.75, 3.05) is 0 Å². The first kappa shape index (κ1) is 7.52. The Bertz CT molecular complexity index is 37.4. The molecule has 1 heteroatoms. The fourth-order valence-corrected chi connectivity index (χ4v) is 0.923. The van der Waals surface area contributed by atoms with Crippen molar-refractivity contribution in [3.63, 3.8) is 0 Å². The van der Waals surface area contributed by atoms with Crippen LogP contribution in [0.3, 0.4) is 0 Å². The van der Waals surface area contributed by atoms with Gasteiger partial charge in [-0.05, 0) is 0 Å². The molecule has 1 aliphatic carbocycles. The van der Waals surface area contributed by atoms with Gasteiger partial charge in [0.05, 0.1) is 0 Å². The maximum absolute atomic E-state index is 2.38. The molecule has 0 spiro atoms. The molecule has 0 aromatic heterocycles. The van der Waals surface area contributed by atoms with Gasteiger partial charge in [0.1, 0.15) is 0 Å². The first-order valence-electron chi connectivity index (χ1n) is 2.71. The van der Waals surface area contributed by atoms with E-state index in [4.69, 9.17) is 0 Å². The van der Waals surface area contributed by atoms with Crippen LogP contribution in [0.15, 0.2) is 0 Å². The molecule has 7 heavy (non-hydrogen) atoms. The minimum Gasteiger partial charge on any atom is -0.328 e. The summed E-state index contributed by atoms with van der Waals surface area (Å²) < 4.78 is 0. The van der Waals surface area contributed by atoms with Crippen molar-refractivity contribution >= 4 is 0 Å². The number of hydrogen-bond acceptors (Lipinski definition) is 0. The van der Waals surface area contributed by atoms with E-state index >= 15 is 0 Å². The minimum atomic E-state index is 0. The van der Waals surface area contributed by atoms with E-state index in [1.54, 1.807) is 0 Å². The van der Waals surface area contributed by atoms with E-state index in [1.165, 1.54) is 19.3 Å². The van der Waals surface area contributed by atoms with E-state index in [1.807, 2.05) is 0 Å². The van der Waals surface area contributed by atoms with Gasteiger partial charge in [0.2, 0.25) is 0 Å². The SMILES string of the molecule is CC1C[CH-]CC1.[Fe]. The van der Waals surface area contributed by atoms with Gasteiger partial charge in [-0.25, -0.2) is 0 Å². The molecular formula is C6H11Fe-. The van der Waals surface area contributed by atoms with Crippen LogP contribution >= 0.6 is 0 Å². The Kier molecular flexibility index (Phi) is 3.77. The fraction of sp³-hybridized carbons (Fsp3) is 0.833. The standard InChI is InChI=1S/C6H11.Fe/c1-6-4-2-3-5-6;/h2,6H,3-5H2,1H3;/q-1;. The van der Waals surface area contributed by atoms with Crippen LogP contribution in [0.5, 0.6) is 0 Å². The number of hydrogen-bond donors (Lipinski definition) is 0. The minimum absolute atomic E-state index is 0. The Morgan fingerprint density at radius 3 is 2.43 bits per heavy atom. The quantitative estimate of drug-likeness (QED) is 0.355. The van der Waals surface area contributed by atoms with Gasteiger partial charge in [0.25, 0.3) is 0 Å². The smallest absolute Gasteiger partial charge is 0 e. The van der Waals surface area contributed by atoms with Crippen molar-refractivity contribution in [3.05, 3.63) is 6.42 Å². The zero-order chi connectivity index (χ0) is 4.41. The van der Waals surface area contributed by atoms with Crippen LogP contribution in [-0.4, -0.2) is 0 Å². The van der Waals surface area contributed by atoms with Crippen molar-refractivity contribution in [2.24, 2.45) is 5.92 Å². The van der Waals surface area contributed by atoms with Crippen molar-refractivity contribution in [1.29, 1.82) is 0 Å². The van der Waals surface area contributed by atoms with Crippen molar-refractivity contribution in [1.82, 2.24) is 0 Å². The summed E-state index contributed by atoms with van der Waals surface area (Å²) in [4.78, 5) is 0. The van der Waals surface area contributed by atoms with Crippen LogP contribution in [0.2, 0.25) is 0 Å². The van der Waals surface area contributed by atoms with Gasteiger partial charge in [-0.2, -0.15) is 12.8 Å². The average Bonchev–Trinajstić information content (AvgIpc) is 1.86. The van der Waals surface area contributed by atoms with Gasteiger partial charge < -0.3 is 6.42 Å².